The van der Waals surface area contributed by atoms with Crippen molar-refractivity contribution in [3.8, 4) is 10.4 Å². The van der Waals surface area contributed by atoms with E-state index in [0.717, 1.165) is 16.1 Å². The fourth-order valence-corrected chi connectivity index (χ4v) is 2.46. The van der Waals surface area contributed by atoms with E-state index in [0.29, 0.717) is 10.6 Å². The maximum Gasteiger partial charge on any atom is 0.255 e. The van der Waals surface area contributed by atoms with Crippen LogP contribution in [-0.2, 0) is 0 Å². The molecule has 2 aromatic carbocycles. The summed E-state index contributed by atoms with van der Waals surface area (Å²) in [7, 11) is 0. The third-order valence-electron chi connectivity index (χ3n) is 2.89. The Labute approximate surface area is 130 Å². The van der Waals surface area contributed by atoms with Gasteiger partial charge in [0.05, 0.1) is 11.1 Å². The first-order valence-corrected chi connectivity index (χ1v) is 7.32. The Kier molecular flexibility index (Phi) is 3.94. The van der Waals surface area contributed by atoms with Gasteiger partial charge in [-0.1, -0.05) is 28.2 Å². The van der Waals surface area contributed by atoms with Gasteiger partial charge in [-0.15, -0.1) is 5.10 Å². The molecule has 0 saturated carbocycles. The van der Waals surface area contributed by atoms with Crippen molar-refractivity contribution in [2.45, 2.75) is 0 Å². The monoisotopic (exact) mass is 315 g/mol. The van der Waals surface area contributed by atoms with Crippen LogP contribution in [0.25, 0.3) is 10.4 Å². The quantitative estimate of drug-likeness (QED) is 0.791. The van der Waals surface area contributed by atoms with Crippen molar-refractivity contribution in [2.75, 3.05) is 5.32 Å². The number of rotatable bonds is 3. The summed E-state index contributed by atoms with van der Waals surface area (Å²) in [6.45, 7) is 0. The highest BCUT2D eigenvalue weighted by Crippen LogP contribution is 2.23. The molecule has 0 radical (unpaired) electrons. The molecule has 0 aliphatic carbocycles. The molecule has 0 atom stereocenters. The number of nitrogens with zero attached hydrogens (tertiary/aromatic N) is 2. The van der Waals surface area contributed by atoms with Crippen LogP contribution in [0.1, 0.15) is 10.4 Å². The molecule has 0 spiro atoms. The predicted molar refractivity (Wildman–Crippen MR) is 84.8 cm³/mol. The smallest absolute Gasteiger partial charge is 0.255 e. The van der Waals surface area contributed by atoms with Gasteiger partial charge in [0.2, 0.25) is 0 Å². The van der Waals surface area contributed by atoms with Crippen molar-refractivity contribution in [3.63, 3.8) is 0 Å². The Morgan fingerprint density at radius 3 is 2.38 bits per heavy atom. The minimum absolute atomic E-state index is 0.168. The molecular weight excluding hydrogens is 306 g/mol. The topological polar surface area (TPSA) is 54.9 Å². The predicted octanol–water partition coefficient (Wildman–Crippen LogP) is 4.11. The molecule has 0 saturated heterocycles. The van der Waals surface area contributed by atoms with E-state index >= 15 is 0 Å². The van der Waals surface area contributed by atoms with E-state index in [-0.39, 0.29) is 5.91 Å². The van der Waals surface area contributed by atoms with Crippen LogP contribution >= 0.6 is 23.1 Å². The number of benzene rings is 2. The minimum Gasteiger partial charge on any atom is -0.322 e. The molecule has 0 aliphatic rings. The lowest BCUT2D eigenvalue weighted by molar-refractivity contribution is 0.102. The zero-order chi connectivity index (χ0) is 14.7. The van der Waals surface area contributed by atoms with E-state index < -0.39 is 0 Å². The average molecular weight is 316 g/mol. The molecule has 0 fully saturated rings. The van der Waals surface area contributed by atoms with E-state index in [1.165, 1.54) is 11.5 Å². The van der Waals surface area contributed by atoms with Gasteiger partial charge in [0.25, 0.3) is 5.91 Å². The summed E-state index contributed by atoms with van der Waals surface area (Å²) < 4.78 is 3.83. The van der Waals surface area contributed by atoms with E-state index in [9.17, 15) is 4.79 Å². The van der Waals surface area contributed by atoms with E-state index in [4.69, 9.17) is 11.6 Å². The van der Waals surface area contributed by atoms with Crippen molar-refractivity contribution < 1.29 is 4.79 Å². The summed E-state index contributed by atoms with van der Waals surface area (Å²) >= 11 is 7.13. The van der Waals surface area contributed by atoms with E-state index in [2.05, 4.69) is 14.9 Å². The van der Waals surface area contributed by atoms with E-state index in [1.807, 2.05) is 24.3 Å². The second-order valence-corrected chi connectivity index (χ2v) is 5.54. The number of nitrogens with one attached hydrogen (secondary N) is 1. The molecule has 0 bridgehead atoms. The van der Waals surface area contributed by atoms with Crippen LogP contribution in [0.4, 0.5) is 5.69 Å². The number of carbonyl (C=O) groups excluding carboxylic acids is 1. The first-order valence-electron chi connectivity index (χ1n) is 6.17. The van der Waals surface area contributed by atoms with Gasteiger partial charge < -0.3 is 5.32 Å². The average Bonchev–Trinajstić information content (AvgIpc) is 3.03. The standard InChI is InChI=1S/C15H10ClN3OS/c16-12-5-1-11(2-6-12)15(20)18-13-7-3-10(4-8-13)14-9-17-19-21-14/h1-9H,(H,18,20). The summed E-state index contributed by atoms with van der Waals surface area (Å²) in [5.74, 6) is -0.168. The summed E-state index contributed by atoms with van der Waals surface area (Å²) in [4.78, 5) is 13.1. The number of halogens is 1. The Hall–Kier alpha value is -2.24. The van der Waals surface area contributed by atoms with Crippen LogP contribution in [0.15, 0.2) is 54.7 Å². The van der Waals surface area contributed by atoms with Gasteiger partial charge in [0.1, 0.15) is 0 Å². The highest BCUT2D eigenvalue weighted by atomic mass is 35.5. The van der Waals surface area contributed by atoms with Gasteiger partial charge in [-0.2, -0.15) is 0 Å². The lowest BCUT2D eigenvalue weighted by Gasteiger charge is -2.06. The second kappa shape index (κ2) is 6.03. The third kappa shape index (κ3) is 3.26. The molecule has 1 amide bonds. The molecule has 4 nitrogen and oxygen atoms in total. The number of hydrogen-bond donors (Lipinski definition) is 1. The summed E-state index contributed by atoms with van der Waals surface area (Å²) in [6.07, 6.45) is 1.71. The number of amides is 1. The van der Waals surface area contributed by atoms with Crippen LogP contribution in [0.5, 0.6) is 0 Å². The van der Waals surface area contributed by atoms with Crippen LogP contribution in [0.3, 0.4) is 0 Å². The van der Waals surface area contributed by atoms with Gasteiger partial charge in [-0.05, 0) is 53.5 Å². The number of hydrogen-bond acceptors (Lipinski definition) is 4. The highest BCUT2D eigenvalue weighted by Gasteiger charge is 2.06. The van der Waals surface area contributed by atoms with Crippen molar-refractivity contribution >= 4 is 34.7 Å². The number of anilines is 1. The Balaban J connectivity index is 1.73. The Morgan fingerprint density at radius 2 is 1.76 bits per heavy atom. The van der Waals surface area contributed by atoms with Crippen molar-refractivity contribution in [2.24, 2.45) is 0 Å². The van der Waals surface area contributed by atoms with Crippen LogP contribution in [-0.4, -0.2) is 15.5 Å². The molecule has 1 aromatic heterocycles. The summed E-state index contributed by atoms with van der Waals surface area (Å²) in [5, 5.41) is 7.25. The first kappa shape index (κ1) is 13.7. The zero-order valence-electron chi connectivity index (χ0n) is 10.8. The zero-order valence-corrected chi connectivity index (χ0v) is 12.4. The van der Waals surface area contributed by atoms with Gasteiger partial charge >= 0.3 is 0 Å². The van der Waals surface area contributed by atoms with Crippen LogP contribution in [0, 0.1) is 0 Å². The van der Waals surface area contributed by atoms with Crippen LogP contribution < -0.4 is 5.32 Å². The fraction of sp³-hybridized carbons (Fsp3) is 0. The van der Waals surface area contributed by atoms with Gasteiger partial charge in [0, 0.05) is 16.3 Å². The van der Waals surface area contributed by atoms with Gasteiger partial charge in [-0.25, -0.2) is 0 Å². The van der Waals surface area contributed by atoms with Gasteiger partial charge in [0.15, 0.2) is 0 Å². The summed E-state index contributed by atoms with van der Waals surface area (Å²) in [6, 6.07) is 14.3. The molecule has 0 aliphatic heterocycles. The number of carbonyl (C=O) groups is 1. The largest absolute Gasteiger partial charge is 0.322 e. The lowest BCUT2D eigenvalue weighted by Crippen LogP contribution is -2.11. The minimum atomic E-state index is -0.168. The second-order valence-electron chi connectivity index (χ2n) is 4.32. The lowest BCUT2D eigenvalue weighted by atomic mass is 10.1. The molecule has 6 heteroatoms. The fourth-order valence-electron chi connectivity index (χ4n) is 1.82. The van der Waals surface area contributed by atoms with Crippen LogP contribution in [0.2, 0.25) is 5.02 Å². The first-order chi connectivity index (χ1) is 10.2. The van der Waals surface area contributed by atoms with Crippen molar-refractivity contribution in [3.05, 3.63) is 65.3 Å². The molecule has 104 valence electrons. The number of aromatic nitrogens is 2. The highest BCUT2D eigenvalue weighted by molar-refractivity contribution is 7.09. The van der Waals surface area contributed by atoms with E-state index in [1.54, 1.807) is 30.5 Å². The molecule has 21 heavy (non-hydrogen) atoms. The molecule has 1 heterocycles. The molecule has 0 unspecified atom stereocenters. The maximum atomic E-state index is 12.1. The van der Waals surface area contributed by atoms with Gasteiger partial charge in [-0.3, -0.25) is 4.79 Å². The van der Waals surface area contributed by atoms with Crippen molar-refractivity contribution in [1.82, 2.24) is 9.59 Å². The molecule has 1 N–H and O–H groups in total. The Bertz CT molecular complexity index is 740. The normalized spacial score (nSPS) is 10.3. The Morgan fingerprint density at radius 1 is 1.05 bits per heavy atom. The molecular formula is C15H10ClN3OS. The SMILES string of the molecule is O=C(Nc1ccc(-c2cnns2)cc1)c1ccc(Cl)cc1. The molecule has 3 aromatic rings. The molecule has 3 rings (SSSR count). The maximum absolute atomic E-state index is 12.1. The third-order valence-corrected chi connectivity index (χ3v) is 3.86. The van der Waals surface area contributed by atoms with Crippen molar-refractivity contribution in [1.29, 1.82) is 0 Å². The summed E-state index contributed by atoms with van der Waals surface area (Å²) in [5.41, 5.74) is 2.32.